The normalized spacial score (nSPS) is 11.2. The smallest absolute Gasteiger partial charge is 0.337 e. The van der Waals surface area contributed by atoms with E-state index in [1.165, 1.54) is 6.20 Å². The van der Waals surface area contributed by atoms with Crippen molar-refractivity contribution in [1.82, 2.24) is 9.88 Å². The predicted molar refractivity (Wildman–Crippen MR) is 67.1 cm³/mol. The van der Waals surface area contributed by atoms with Crippen LogP contribution in [-0.2, 0) is 0 Å². The Labute approximate surface area is 98.4 Å². The van der Waals surface area contributed by atoms with Crippen molar-refractivity contribution in [2.24, 2.45) is 4.99 Å². The second kappa shape index (κ2) is 4.29. The van der Waals surface area contributed by atoms with Crippen LogP contribution >= 0.6 is 0 Å². The first kappa shape index (κ1) is 11.2. The van der Waals surface area contributed by atoms with Crippen molar-refractivity contribution in [2.45, 2.75) is 0 Å². The highest BCUT2D eigenvalue weighted by Crippen LogP contribution is 2.23. The van der Waals surface area contributed by atoms with Gasteiger partial charge in [0, 0.05) is 31.2 Å². The average Bonchev–Trinajstić information content (AvgIpc) is 2.69. The van der Waals surface area contributed by atoms with Crippen LogP contribution in [0.15, 0.2) is 29.4 Å². The van der Waals surface area contributed by atoms with Crippen LogP contribution in [0.5, 0.6) is 0 Å². The number of benzene rings is 1. The summed E-state index contributed by atoms with van der Waals surface area (Å²) in [6, 6.07) is 5.42. The highest BCUT2D eigenvalue weighted by atomic mass is 16.4. The SMILES string of the molecule is CN(C)C=Nc1ccc2[nH]cc(C(=O)O)c2c1. The Balaban J connectivity index is 2.48. The molecule has 0 bridgehead atoms. The Hall–Kier alpha value is -2.30. The van der Waals surface area contributed by atoms with Gasteiger partial charge in [0.25, 0.3) is 0 Å². The van der Waals surface area contributed by atoms with Gasteiger partial charge in [0.2, 0.25) is 0 Å². The molecule has 0 saturated heterocycles. The van der Waals surface area contributed by atoms with Gasteiger partial charge in [-0.25, -0.2) is 9.79 Å². The number of carbonyl (C=O) groups is 1. The van der Waals surface area contributed by atoms with Crippen molar-refractivity contribution in [3.05, 3.63) is 30.0 Å². The maximum Gasteiger partial charge on any atom is 0.337 e. The van der Waals surface area contributed by atoms with Gasteiger partial charge in [0.1, 0.15) is 0 Å². The van der Waals surface area contributed by atoms with Gasteiger partial charge >= 0.3 is 5.97 Å². The first-order valence-electron chi connectivity index (χ1n) is 5.13. The number of rotatable bonds is 3. The third-order valence-electron chi connectivity index (χ3n) is 2.33. The molecule has 0 aliphatic rings. The number of nitrogens with zero attached hydrogens (tertiary/aromatic N) is 2. The summed E-state index contributed by atoms with van der Waals surface area (Å²) in [5, 5.41) is 9.69. The van der Waals surface area contributed by atoms with Gasteiger partial charge in [0.15, 0.2) is 0 Å². The summed E-state index contributed by atoms with van der Waals surface area (Å²) >= 11 is 0. The number of aromatic carboxylic acids is 1. The van der Waals surface area contributed by atoms with Crippen LogP contribution in [-0.4, -0.2) is 41.4 Å². The topological polar surface area (TPSA) is 68.7 Å². The van der Waals surface area contributed by atoms with Crippen LogP contribution in [0.3, 0.4) is 0 Å². The van der Waals surface area contributed by atoms with E-state index in [9.17, 15) is 4.79 Å². The molecule has 17 heavy (non-hydrogen) atoms. The number of fused-ring (bicyclic) bond motifs is 1. The van der Waals surface area contributed by atoms with Crippen LogP contribution in [0.1, 0.15) is 10.4 Å². The summed E-state index contributed by atoms with van der Waals surface area (Å²) < 4.78 is 0. The van der Waals surface area contributed by atoms with Crippen LogP contribution in [0.2, 0.25) is 0 Å². The fourth-order valence-corrected chi connectivity index (χ4v) is 1.55. The standard InChI is InChI=1S/C12H13N3O2/c1-15(2)7-14-8-3-4-11-9(5-8)10(6-13-11)12(16)17/h3-7,13H,1-2H3,(H,16,17). The van der Waals surface area contributed by atoms with E-state index in [2.05, 4.69) is 9.98 Å². The molecule has 0 spiro atoms. The zero-order chi connectivity index (χ0) is 12.4. The first-order chi connectivity index (χ1) is 8.08. The molecule has 5 heteroatoms. The molecule has 2 aromatic rings. The molecule has 1 heterocycles. The zero-order valence-electron chi connectivity index (χ0n) is 9.64. The second-order valence-electron chi connectivity index (χ2n) is 3.95. The first-order valence-corrected chi connectivity index (χ1v) is 5.13. The average molecular weight is 231 g/mol. The summed E-state index contributed by atoms with van der Waals surface area (Å²) in [6.07, 6.45) is 3.17. The molecular weight excluding hydrogens is 218 g/mol. The third kappa shape index (κ3) is 2.28. The number of aromatic nitrogens is 1. The van der Waals surface area contributed by atoms with E-state index in [0.717, 1.165) is 11.2 Å². The third-order valence-corrected chi connectivity index (χ3v) is 2.33. The minimum atomic E-state index is -0.940. The fourth-order valence-electron chi connectivity index (χ4n) is 1.55. The Kier molecular flexibility index (Phi) is 2.82. The molecule has 0 aliphatic heterocycles. The molecule has 88 valence electrons. The van der Waals surface area contributed by atoms with Gasteiger partial charge in [0.05, 0.1) is 17.6 Å². The van der Waals surface area contributed by atoms with Crippen molar-refractivity contribution in [3.63, 3.8) is 0 Å². The highest BCUT2D eigenvalue weighted by molar-refractivity contribution is 6.04. The number of aliphatic imine (C=N–C) groups is 1. The van der Waals surface area contributed by atoms with E-state index in [4.69, 9.17) is 5.11 Å². The summed E-state index contributed by atoms with van der Waals surface area (Å²) in [4.78, 5) is 20.0. The number of carboxylic acid groups (broad SMARTS) is 1. The minimum absolute atomic E-state index is 0.266. The largest absolute Gasteiger partial charge is 0.478 e. The van der Waals surface area contributed by atoms with Crippen LogP contribution in [0.4, 0.5) is 5.69 Å². The molecule has 0 atom stereocenters. The van der Waals surface area contributed by atoms with Crippen molar-refractivity contribution in [2.75, 3.05) is 14.1 Å². The lowest BCUT2D eigenvalue weighted by atomic mass is 10.1. The van der Waals surface area contributed by atoms with E-state index in [-0.39, 0.29) is 5.56 Å². The number of carboxylic acids is 1. The van der Waals surface area contributed by atoms with Gasteiger partial charge in [-0.05, 0) is 18.2 Å². The highest BCUT2D eigenvalue weighted by Gasteiger charge is 2.10. The van der Waals surface area contributed by atoms with E-state index in [0.29, 0.717) is 5.39 Å². The second-order valence-corrected chi connectivity index (χ2v) is 3.95. The molecule has 0 unspecified atom stereocenters. The summed E-state index contributed by atoms with van der Waals surface area (Å²) in [6.45, 7) is 0. The molecule has 0 amide bonds. The molecule has 0 saturated carbocycles. The Morgan fingerprint density at radius 2 is 2.24 bits per heavy atom. The number of hydrogen-bond acceptors (Lipinski definition) is 2. The van der Waals surface area contributed by atoms with Gasteiger partial charge in [-0.3, -0.25) is 0 Å². The van der Waals surface area contributed by atoms with Crippen molar-refractivity contribution in [3.8, 4) is 0 Å². The molecule has 0 fully saturated rings. The lowest BCUT2D eigenvalue weighted by molar-refractivity contribution is 0.0699. The van der Waals surface area contributed by atoms with E-state index in [1.54, 1.807) is 12.4 Å². The number of aromatic amines is 1. The molecule has 1 aromatic heterocycles. The molecule has 0 radical (unpaired) electrons. The monoisotopic (exact) mass is 231 g/mol. The lowest BCUT2D eigenvalue weighted by Gasteiger charge is -2.02. The summed E-state index contributed by atoms with van der Waals surface area (Å²) in [5.74, 6) is -0.940. The van der Waals surface area contributed by atoms with E-state index >= 15 is 0 Å². The fraction of sp³-hybridized carbons (Fsp3) is 0.167. The maximum atomic E-state index is 11.0. The molecular formula is C12H13N3O2. The van der Waals surface area contributed by atoms with Crippen molar-refractivity contribution >= 4 is 28.9 Å². The zero-order valence-corrected chi connectivity index (χ0v) is 9.64. The molecule has 5 nitrogen and oxygen atoms in total. The van der Waals surface area contributed by atoms with Crippen molar-refractivity contribution in [1.29, 1.82) is 0 Å². The van der Waals surface area contributed by atoms with Crippen LogP contribution in [0.25, 0.3) is 10.9 Å². The molecule has 2 rings (SSSR count). The number of hydrogen-bond donors (Lipinski definition) is 2. The van der Waals surface area contributed by atoms with Gasteiger partial charge in [-0.2, -0.15) is 0 Å². The van der Waals surface area contributed by atoms with E-state index < -0.39 is 5.97 Å². The van der Waals surface area contributed by atoms with E-state index in [1.807, 2.05) is 31.1 Å². The number of H-pyrrole nitrogens is 1. The predicted octanol–water partition coefficient (Wildman–Crippen LogP) is 2.09. The Morgan fingerprint density at radius 1 is 1.47 bits per heavy atom. The quantitative estimate of drug-likeness (QED) is 0.627. The summed E-state index contributed by atoms with van der Waals surface area (Å²) in [7, 11) is 3.75. The Bertz CT molecular complexity index is 584. The molecule has 2 N–H and O–H groups in total. The van der Waals surface area contributed by atoms with Gasteiger partial charge < -0.3 is 15.0 Å². The van der Waals surface area contributed by atoms with Crippen LogP contribution in [0, 0.1) is 0 Å². The minimum Gasteiger partial charge on any atom is -0.478 e. The number of nitrogens with one attached hydrogen (secondary N) is 1. The Morgan fingerprint density at radius 3 is 2.88 bits per heavy atom. The maximum absolute atomic E-state index is 11.0. The molecule has 1 aromatic carbocycles. The van der Waals surface area contributed by atoms with Gasteiger partial charge in [-0.15, -0.1) is 0 Å². The van der Waals surface area contributed by atoms with Crippen molar-refractivity contribution < 1.29 is 9.90 Å². The van der Waals surface area contributed by atoms with Gasteiger partial charge in [-0.1, -0.05) is 0 Å². The molecule has 0 aliphatic carbocycles. The summed E-state index contributed by atoms with van der Waals surface area (Å²) in [5.41, 5.74) is 1.79. The lowest BCUT2D eigenvalue weighted by Crippen LogP contribution is -2.06. The van der Waals surface area contributed by atoms with Crippen LogP contribution < -0.4 is 0 Å².